The van der Waals surface area contributed by atoms with Crippen LogP contribution in [0.5, 0.6) is 0 Å². The Kier molecular flexibility index (Phi) is 4.85. The second-order valence-corrected chi connectivity index (χ2v) is 7.19. The van der Waals surface area contributed by atoms with Crippen LogP contribution in [0.4, 0.5) is 14.5 Å². The van der Waals surface area contributed by atoms with Crippen molar-refractivity contribution in [1.29, 1.82) is 0 Å². The Morgan fingerprint density at radius 2 is 2.07 bits per heavy atom. The van der Waals surface area contributed by atoms with Gasteiger partial charge in [0.15, 0.2) is 5.82 Å². The second kappa shape index (κ2) is 7.43. The number of hydrogen-bond donors (Lipinski definition) is 1. The average molecular weight is 387 g/mol. The number of rotatable bonds is 6. The van der Waals surface area contributed by atoms with Crippen LogP contribution in [0.15, 0.2) is 47.4 Å². The number of hydrogen-bond acceptors (Lipinski definition) is 5. The summed E-state index contributed by atoms with van der Waals surface area (Å²) < 4.78 is 28.6. The van der Waals surface area contributed by atoms with Crippen LogP contribution in [-0.2, 0) is 4.79 Å². The third-order valence-corrected chi connectivity index (χ3v) is 5.07. The van der Waals surface area contributed by atoms with Crippen molar-refractivity contribution in [2.24, 2.45) is 0 Å². The van der Waals surface area contributed by atoms with Crippen LogP contribution in [-0.4, -0.2) is 31.9 Å². The maximum absolute atomic E-state index is 13.6. The van der Waals surface area contributed by atoms with Gasteiger partial charge in [-0.05, 0) is 53.6 Å². The summed E-state index contributed by atoms with van der Waals surface area (Å²) in [5.41, 5.74) is 1.39. The predicted octanol–water partition coefficient (Wildman–Crippen LogP) is 3.68. The van der Waals surface area contributed by atoms with Crippen LogP contribution in [0, 0.1) is 11.6 Å². The van der Waals surface area contributed by atoms with Gasteiger partial charge in [-0.15, -0.1) is 16.9 Å². The molecular formula is C18H15F2N5OS. The summed E-state index contributed by atoms with van der Waals surface area (Å²) in [5.74, 6) is -0.791. The number of tetrazole rings is 1. The largest absolute Gasteiger partial charge is 0.325 e. The Morgan fingerprint density at radius 3 is 2.89 bits per heavy atom. The summed E-state index contributed by atoms with van der Waals surface area (Å²) in [4.78, 5) is 12.3. The number of nitrogens with zero attached hydrogens (tertiary/aromatic N) is 4. The Balaban J connectivity index is 1.42. The van der Waals surface area contributed by atoms with E-state index in [4.69, 9.17) is 0 Å². The minimum atomic E-state index is -0.553. The van der Waals surface area contributed by atoms with E-state index in [1.165, 1.54) is 0 Å². The number of benzene rings is 2. The quantitative estimate of drug-likeness (QED) is 0.653. The first-order valence-corrected chi connectivity index (χ1v) is 9.35. The highest BCUT2D eigenvalue weighted by Crippen LogP contribution is 2.36. The summed E-state index contributed by atoms with van der Waals surface area (Å²) in [6.45, 7) is 0. The molecule has 1 aliphatic carbocycles. The highest BCUT2D eigenvalue weighted by Gasteiger charge is 2.28. The lowest BCUT2D eigenvalue weighted by molar-refractivity contribution is -0.113. The molecule has 0 saturated heterocycles. The minimum Gasteiger partial charge on any atom is -0.325 e. The van der Waals surface area contributed by atoms with Crippen LogP contribution >= 0.6 is 11.8 Å². The number of amides is 1. The van der Waals surface area contributed by atoms with Crippen LogP contribution in [0.2, 0.25) is 0 Å². The number of anilines is 1. The van der Waals surface area contributed by atoms with Gasteiger partial charge in [0.05, 0.1) is 11.8 Å². The number of thioether (sulfide) groups is 1. The van der Waals surface area contributed by atoms with Gasteiger partial charge in [0.1, 0.15) is 11.6 Å². The first-order chi connectivity index (χ1) is 13.1. The fourth-order valence-electron chi connectivity index (χ4n) is 2.61. The maximum atomic E-state index is 13.6. The molecule has 0 atom stereocenters. The molecule has 3 aromatic rings. The zero-order valence-electron chi connectivity index (χ0n) is 14.1. The van der Waals surface area contributed by atoms with E-state index in [0.29, 0.717) is 17.6 Å². The van der Waals surface area contributed by atoms with Crippen molar-refractivity contribution >= 4 is 23.4 Å². The molecule has 1 N–H and O–H groups in total. The highest BCUT2D eigenvalue weighted by atomic mass is 32.2. The molecule has 138 valence electrons. The summed E-state index contributed by atoms with van der Waals surface area (Å²) in [6.07, 6.45) is 2.12. The summed E-state index contributed by atoms with van der Waals surface area (Å²) in [5, 5.41) is 14.6. The Bertz CT molecular complexity index is 989. The normalized spacial score (nSPS) is 13.6. The van der Waals surface area contributed by atoms with Gasteiger partial charge in [0, 0.05) is 16.1 Å². The van der Waals surface area contributed by atoms with E-state index in [1.54, 1.807) is 22.9 Å². The topological polar surface area (TPSA) is 72.7 Å². The maximum Gasteiger partial charge on any atom is 0.234 e. The minimum absolute atomic E-state index is 0.0373. The fraction of sp³-hybridized carbons (Fsp3) is 0.222. The van der Waals surface area contributed by atoms with Crippen molar-refractivity contribution < 1.29 is 13.6 Å². The van der Waals surface area contributed by atoms with Gasteiger partial charge in [0.2, 0.25) is 5.91 Å². The molecule has 1 heterocycles. The van der Waals surface area contributed by atoms with Crippen molar-refractivity contribution in [2.45, 2.75) is 23.8 Å². The molecule has 0 unspecified atom stereocenters. The molecule has 9 heteroatoms. The first kappa shape index (κ1) is 17.6. The van der Waals surface area contributed by atoms with Crippen molar-refractivity contribution in [2.75, 3.05) is 11.1 Å². The number of nitrogens with one attached hydrogen (secondary N) is 1. The Labute approximate surface area is 158 Å². The van der Waals surface area contributed by atoms with E-state index in [-0.39, 0.29) is 16.6 Å². The Hall–Kier alpha value is -2.81. The number of aromatic nitrogens is 4. The van der Waals surface area contributed by atoms with Crippen molar-refractivity contribution in [1.82, 2.24) is 20.2 Å². The van der Waals surface area contributed by atoms with E-state index in [1.807, 2.05) is 6.07 Å². The second-order valence-electron chi connectivity index (χ2n) is 6.17. The van der Waals surface area contributed by atoms with E-state index in [2.05, 4.69) is 20.8 Å². The van der Waals surface area contributed by atoms with Crippen LogP contribution in [0.3, 0.4) is 0 Å². The van der Waals surface area contributed by atoms with E-state index < -0.39 is 11.6 Å². The summed E-state index contributed by atoms with van der Waals surface area (Å²) >= 11 is 0.942. The third-order valence-electron chi connectivity index (χ3n) is 4.04. The number of carbonyl (C=O) groups is 1. The SMILES string of the molecule is O=C(CSc1cc(F)ccc1F)Nc1cccc(-c2nnnn2C2CC2)c1. The molecule has 6 nitrogen and oxygen atoms in total. The zero-order valence-corrected chi connectivity index (χ0v) is 14.9. The van der Waals surface area contributed by atoms with Gasteiger partial charge in [0.25, 0.3) is 0 Å². The van der Waals surface area contributed by atoms with Crippen molar-refractivity contribution in [3.63, 3.8) is 0 Å². The molecule has 4 rings (SSSR count). The van der Waals surface area contributed by atoms with Crippen LogP contribution in [0.1, 0.15) is 18.9 Å². The Morgan fingerprint density at radius 1 is 1.22 bits per heavy atom. The van der Waals surface area contributed by atoms with Crippen LogP contribution < -0.4 is 5.32 Å². The van der Waals surface area contributed by atoms with E-state index in [0.717, 1.165) is 48.4 Å². The predicted molar refractivity (Wildman–Crippen MR) is 97.2 cm³/mol. The molecule has 0 bridgehead atoms. The molecule has 0 aliphatic heterocycles. The molecule has 1 fully saturated rings. The monoisotopic (exact) mass is 387 g/mol. The van der Waals surface area contributed by atoms with Crippen LogP contribution in [0.25, 0.3) is 11.4 Å². The summed E-state index contributed by atoms with van der Waals surface area (Å²) in [6, 6.07) is 10.7. The molecule has 0 spiro atoms. The first-order valence-electron chi connectivity index (χ1n) is 8.36. The molecule has 0 radical (unpaired) electrons. The number of carbonyl (C=O) groups excluding carboxylic acids is 1. The molecule has 1 aliphatic rings. The lowest BCUT2D eigenvalue weighted by Gasteiger charge is -2.08. The molecule has 1 amide bonds. The fourth-order valence-corrected chi connectivity index (χ4v) is 3.37. The average Bonchev–Trinajstić information content (AvgIpc) is 3.39. The van der Waals surface area contributed by atoms with Crippen molar-refractivity contribution in [3.8, 4) is 11.4 Å². The molecule has 27 heavy (non-hydrogen) atoms. The van der Waals surface area contributed by atoms with Gasteiger partial charge in [-0.25, -0.2) is 13.5 Å². The molecule has 1 aromatic heterocycles. The number of halogens is 2. The highest BCUT2D eigenvalue weighted by molar-refractivity contribution is 8.00. The smallest absolute Gasteiger partial charge is 0.234 e. The van der Waals surface area contributed by atoms with Gasteiger partial charge in [-0.3, -0.25) is 4.79 Å². The van der Waals surface area contributed by atoms with Gasteiger partial charge < -0.3 is 5.32 Å². The molecule has 2 aromatic carbocycles. The standard InChI is InChI=1S/C18H15F2N5OS/c19-12-4-7-15(20)16(9-12)27-10-17(26)21-13-3-1-2-11(8-13)18-22-23-24-25(18)14-5-6-14/h1-4,7-9,14H,5-6,10H2,(H,21,26). The molecular weight excluding hydrogens is 372 g/mol. The van der Waals surface area contributed by atoms with Gasteiger partial charge >= 0.3 is 0 Å². The lowest BCUT2D eigenvalue weighted by atomic mass is 10.2. The molecule has 1 saturated carbocycles. The van der Waals surface area contributed by atoms with Gasteiger partial charge in [-0.1, -0.05) is 12.1 Å². The lowest BCUT2D eigenvalue weighted by Crippen LogP contribution is -2.14. The van der Waals surface area contributed by atoms with E-state index >= 15 is 0 Å². The third kappa shape index (κ3) is 4.13. The zero-order chi connectivity index (χ0) is 18.8. The van der Waals surface area contributed by atoms with Crippen molar-refractivity contribution in [3.05, 3.63) is 54.1 Å². The van der Waals surface area contributed by atoms with E-state index in [9.17, 15) is 13.6 Å². The van der Waals surface area contributed by atoms with Gasteiger partial charge in [-0.2, -0.15) is 0 Å². The summed E-state index contributed by atoms with van der Waals surface area (Å²) in [7, 11) is 0.